The number of hydrogen-bond acceptors (Lipinski definition) is 3. The molecule has 0 aliphatic heterocycles. The highest BCUT2D eigenvalue weighted by Crippen LogP contribution is 2.23. The monoisotopic (exact) mass is 424 g/mol. The summed E-state index contributed by atoms with van der Waals surface area (Å²) in [5.74, 6) is -0.535. The van der Waals surface area contributed by atoms with Gasteiger partial charge in [-0.3, -0.25) is 9.59 Å². The van der Waals surface area contributed by atoms with Crippen molar-refractivity contribution in [3.05, 3.63) is 81.6 Å². The molecule has 0 aliphatic carbocycles. The predicted octanol–water partition coefficient (Wildman–Crippen LogP) is 4.59. The Balaban J connectivity index is 1.77. The first kappa shape index (κ1) is 21.6. The van der Waals surface area contributed by atoms with Gasteiger partial charge in [0, 0.05) is 17.8 Å². The lowest BCUT2D eigenvalue weighted by atomic mass is 10.1. The van der Waals surface area contributed by atoms with Gasteiger partial charge in [-0.25, -0.2) is 4.68 Å². The van der Waals surface area contributed by atoms with Gasteiger partial charge < -0.3 is 10.6 Å². The second kappa shape index (κ2) is 9.59. The maximum atomic E-state index is 12.9. The number of carbonyl (C=O) groups is 2. The van der Waals surface area contributed by atoms with Gasteiger partial charge in [-0.2, -0.15) is 5.10 Å². The Hall–Kier alpha value is -3.12. The molecule has 0 saturated carbocycles. The highest BCUT2D eigenvalue weighted by Gasteiger charge is 2.21. The molecule has 156 valence electrons. The van der Waals surface area contributed by atoms with Gasteiger partial charge in [0.2, 0.25) is 0 Å². The van der Waals surface area contributed by atoms with E-state index in [1.165, 1.54) is 5.56 Å². The van der Waals surface area contributed by atoms with E-state index in [4.69, 9.17) is 11.6 Å². The average molecular weight is 425 g/mol. The summed E-state index contributed by atoms with van der Waals surface area (Å²) in [6.45, 7) is 6.84. The van der Waals surface area contributed by atoms with Gasteiger partial charge in [0.15, 0.2) is 0 Å². The van der Waals surface area contributed by atoms with Crippen molar-refractivity contribution in [1.29, 1.82) is 0 Å². The second-order valence-electron chi connectivity index (χ2n) is 7.19. The number of carbonyl (C=O) groups excluding carboxylic acids is 2. The molecule has 1 heterocycles. The summed E-state index contributed by atoms with van der Waals surface area (Å²) < 4.78 is 1.62. The van der Waals surface area contributed by atoms with Crippen LogP contribution >= 0.6 is 11.6 Å². The van der Waals surface area contributed by atoms with Gasteiger partial charge in [0.25, 0.3) is 11.8 Å². The number of nitrogens with zero attached hydrogens (tertiary/aromatic N) is 2. The fourth-order valence-electron chi connectivity index (χ4n) is 3.05. The van der Waals surface area contributed by atoms with Crippen molar-refractivity contribution >= 4 is 29.1 Å². The van der Waals surface area contributed by atoms with Crippen LogP contribution in [0.3, 0.4) is 0 Å². The Bertz CT molecular complexity index is 1060. The number of anilines is 1. The van der Waals surface area contributed by atoms with Gasteiger partial charge in [0.1, 0.15) is 5.15 Å². The number of benzene rings is 2. The summed E-state index contributed by atoms with van der Waals surface area (Å²) in [4.78, 5) is 25.0. The molecule has 3 rings (SSSR count). The average Bonchev–Trinajstić information content (AvgIpc) is 3.01. The summed E-state index contributed by atoms with van der Waals surface area (Å²) >= 11 is 6.49. The minimum atomic E-state index is -0.362. The fraction of sp³-hybridized carbons (Fsp3) is 0.261. The van der Waals surface area contributed by atoms with E-state index in [2.05, 4.69) is 15.7 Å². The number of amides is 2. The highest BCUT2D eigenvalue weighted by molar-refractivity contribution is 6.33. The molecule has 0 spiro atoms. The minimum absolute atomic E-state index is 0.173. The Morgan fingerprint density at radius 2 is 1.80 bits per heavy atom. The smallest absolute Gasteiger partial charge is 0.260 e. The van der Waals surface area contributed by atoms with Gasteiger partial charge in [-0.05, 0) is 44.0 Å². The van der Waals surface area contributed by atoms with Crippen LogP contribution in [0.25, 0.3) is 0 Å². The molecule has 0 bridgehead atoms. The van der Waals surface area contributed by atoms with Crippen LogP contribution in [0.1, 0.15) is 50.9 Å². The van der Waals surface area contributed by atoms with Gasteiger partial charge in [-0.1, -0.05) is 54.4 Å². The molecule has 0 saturated heterocycles. The number of halogens is 1. The van der Waals surface area contributed by atoms with Crippen molar-refractivity contribution < 1.29 is 9.59 Å². The molecule has 0 fully saturated rings. The molecule has 0 radical (unpaired) electrons. The molecule has 30 heavy (non-hydrogen) atoms. The van der Waals surface area contributed by atoms with Gasteiger partial charge in [-0.15, -0.1) is 0 Å². The first-order valence-corrected chi connectivity index (χ1v) is 10.2. The number of aromatic nitrogens is 2. The molecule has 0 unspecified atom stereocenters. The van der Waals surface area contributed by atoms with E-state index in [1.807, 2.05) is 38.1 Å². The zero-order chi connectivity index (χ0) is 21.7. The zero-order valence-electron chi connectivity index (χ0n) is 17.3. The maximum absolute atomic E-state index is 12.9. The first-order chi connectivity index (χ1) is 14.4. The van der Waals surface area contributed by atoms with Crippen molar-refractivity contribution in [2.75, 3.05) is 11.9 Å². The summed E-state index contributed by atoms with van der Waals surface area (Å²) in [5.41, 5.74) is 4.09. The largest absolute Gasteiger partial charge is 0.352 e. The predicted molar refractivity (Wildman–Crippen MR) is 119 cm³/mol. The van der Waals surface area contributed by atoms with Gasteiger partial charge >= 0.3 is 0 Å². The summed E-state index contributed by atoms with van der Waals surface area (Å²) in [7, 11) is 0. The van der Waals surface area contributed by atoms with Crippen LogP contribution in [-0.4, -0.2) is 28.1 Å². The van der Waals surface area contributed by atoms with Crippen LogP contribution in [0.15, 0.2) is 48.5 Å². The lowest BCUT2D eigenvalue weighted by Crippen LogP contribution is -2.24. The third-order valence-corrected chi connectivity index (χ3v) is 5.05. The Labute approximate surface area is 181 Å². The zero-order valence-corrected chi connectivity index (χ0v) is 18.1. The molecule has 2 N–H and O–H groups in total. The summed E-state index contributed by atoms with van der Waals surface area (Å²) in [6.07, 6.45) is 0.854. The van der Waals surface area contributed by atoms with Crippen molar-refractivity contribution in [3.8, 4) is 0 Å². The lowest BCUT2D eigenvalue weighted by molar-refractivity contribution is 0.0952. The van der Waals surface area contributed by atoms with E-state index in [0.717, 1.165) is 12.0 Å². The number of nitrogens with one attached hydrogen (secondary N) is 2. The third kappa shape index (κ3) is 5.07. The third-order valence-electron chi connectivity index (χ3n) is 4.66. The summed E-state index contributed by atoms with van der Waals surface area (Å²) in [5, 5.41) is 10.4. The summed E-state index contributed by atoms with van der Waals surface area (Å²) in [6, 6.07) is 14.9. The molecule has 0 aliphatic rings. The van der Waals surface area contributed by atoms with E-state index in [9.17, 15) is 9.59 Å². The molecule has 2 amide bonds. The SMILES string of the molecule is CCCNC(=O)c1cccc(NC(=O)c2c(C)nn(Cc3ccc(C)cc3)c2Cl)c1. The molecule has 3 aromatic rings. The van der Waals surface area contributed by atoms with Crippen molar-refractivity contribution in [2.24, 2.45) is 0 Å². The van der Waals surface area contributed by atoms with E-state index >= 15 is 0 Å². The fourth-order valence-corrected chi connectivity index (χ4v) is 3.37. The lowest BCUT2D eigenvalue weighted by Gasteiger charge is -2.08. The highest BCUT2D eigenvalue weighted by atomic mass is 35.5. The minimum Gasteiger partial charge on any atom is -0.352 e. The number of aryl methyl sites for hydroxylation is 2. The van der Waals surface area contributed by atoms with E-state index < -0.39 is 0 Å². The second-order valence-corrected chi connectivity index (χ2v) is 7.54. The molecule has 1 aromatic heterocycles. The van der Waals surface area contributed by atoms with Crippen LogP contribution in [-0.2, 0) is 6.54 Å². The van der Waals surface area contributed by atoms with Crippen LogP contribution in [0.5, 0.6) is 0 Å². The van der Waals surface area contributed by atoms with Crippen LogP contribution in [0.4, 0.5) is 5.69 Å². The van der Waals surface area contributed by atoms with Crippen LogP contribution in [0.2, 0.25) is 5.15 Å². The van der Waals surface area contributed by atoms with Crippen molar-refractivity contribution in [2.45, 2.75) is 33.7 Å². The molecular formula is C23H25ClN4O2. The standard InChI is InChI=1S/C23H25ClN4O2/c1-4-12-25-22(29)18-6-5-7-19(13-18)26-23(30)20-16(3)27-28(21(20)24)14-17-10-8-15(2)9-11-17/h5-11,13H,4,12,14H2,1-3H3,(H,25,29)(H,26,30). The van der Waals surface area contributed by atoms with Gasteiger partial charge in [0.05, 0.1) is 17.8 Å². The molecular weight excluding hydrogens is 400 g/mol. The van der Waals surface area contributed by atoms with Crippen LogP contribution in [0, 0.1) is 13.8 Å². The van der Waals surface area contributed by atoms with E-state index in [0.29, 0.717) is 35.6 Å². The molecule has 2 aromatic carbocycles. The maximum Gasteiger partial charge on any atom is 0.260 e. The Morgan fingerprint density at radius 3 is 2.50 bits per heavy atom. The first-order valence-electron chi connectivity index (χ1n) is 9.87. The number of rotatable bonds is 7. The Morgan fingerprint density at radius 1 is 1.07 bits per heavy atom. The Kier molecular flexibility index (Phi) is 6.90. The topological polar surface area (TPSA) is 76.0 Å². The van der Waals surface area contributed by atoms with Crippen molar-refractivity contribution in [1.82, 2.24) is 15.1 Å². The molecule has 0 atom stereocenters. The molecule has 7 heteroatoms. The quantitative estimate of drug-likeness (QED) is 0.582. The van der Waals surface area contributed by atoms with Crippen molar-refractivity contribution in [3.63, 3.8) is 0 Å². The normalized spacial score (nSPS) is 10.7. The van der Waals surface area contributed by atoms with E-state index in [1.54, 1.807) is 35.9 Å². The molecule has 6 nitrogen and oxygen atoms in total. The number of hydrogen-bond donors (Lipinski definition) is 2. The van der Waals surface area contributed by atoms with E-state index in [-0.39, 0.29) is 17.0 Å². The van der Waals surface area contributed by atoms with Crippen LogP contribution < -0.4 is 10.6 Å².